The first-order valence-corrected chi connectivity index (χ1v) is 8.57. The van der Waals surface area contributed by atoms with Crippen LogP contribution >= 0.6 is 0 Å². The van der Waals surface area contributed by atoms with Crippen LogP contribution < -0.4 is 5.73 Å². The van der Waals surface area contributed by atoms with Gasteiger partial charge in [0.25, 0.3) is 0 Å². The molecule has 3 rings (SSSR count). The van der Waals surface area contributed by atoms with E-state index in [1.807, 2.05) is 6.07 Å². The van der Waals surface area contributed by atoms with Crippen molar-refractivity contribution in [2.45, 2.75) is 64.4 Å². The molecule has 0 aliphatic heterocycles. The van der Waals surface area contributed by atoms with Crippen LogP contribution in [0.1, 0.15) is 75.9 Å². The Hall–Kier alpha value is -0.800. The van der Waals surface area contributed by atoms with Gasteiger partial charge >= 0.3 is 0 Å². The first-order chi connectivity index (χ1) is 10.1. The minimum Gasteiger partial charge on any atom is -0.463 e. The monoisotopic (exact) mass is 291 g/mol. The Kier molecular flexibility index (Phi) is 4.15. The Bertz CT molecular complexity index is 483. The molecule has 3 N–H and O–H groups in total. The lowest BCUT2D eigenvalue weighted by Crippen LogP contribution is -2.41. The predicted molar refractivity (Wildman–Crippen MR) is 83.9 cm³/mol. The molecular weight excluding hydrogens is 262 g/mol. The molecule has 0 spiro atoms. The second-order valence-corrected chi connectivity index (χ2v) is 7.40. The van der Waals surface area contributed by atoms with E-state index in [2.05, 4.69) is 19.9 Å². The van der Waals surface area contributed by atoms with Crippen molar-refractivity contribution in [1.82, 2.24) is 0 Å². The number of hydrogen-bond acceptors (Lipinski definition) is 3. The van der Waals surface area contributed by atoms with Gasteiger partial charge in [-0.1, -0.05) is 33.1 Å². The Labute approximate surface area is 127 Å². The molecule has 1 heterocycles. The normalized spacial score (nSPS) is 37.4. The third-order valence-corrected chi connectivity index (χ3v) is 5.94. The number of rotatable bonds is 5. The third kappa shape index (κ3) is 2.78. The Morgan fingerprint density at radius 1 is 1.48 bits per heavy atom. The van der Waals surface area contributed by atoms with Crippen LogP contribution in [0.4, 0.5) is 0 Å². The topological polar surface area (TPSA) is 59.4 Å². The Morgan fingerprint density at radius 2 is 2.24 bits per heavy atom. The van der Waals surface area contributed by atoms with E-state index in [0.29, 0.717) is 18.4 Å². The van der Waals surface area contributed by atoms with Crippen molar-refractivity contribution < 1.29 is 9.52 Å². The summed E-state index contributed by atoms with van der Waals surface area (Å²) in [6.45, 7) is 5.03. The minimum atomic E-state index is -0.556. The van der Waals surface area contributed by atoms with E-state index in [1.54, 1.807) is 0 Å². The second kappa shape index (κ2) is 5.77. The molecule has 5 atom stereocenters. The summed E-state index contributed by atoms with van der Waals surface area (Å²) >= 11 is 0. The lowest BCUT2D eigenvalue weighted by molar-refractivity contribution is -0.0289. The van der Waals surface area contributed by atoms with E-state index < -0.39 is 6.10 Å². The van der Waals surface area contributed by atoms with Crippen LogP contribution in [0.15, 0.2) is 16.5 Å². The zero-order chi connectivity index (χ0) is 15.0. The molecular formula is C18H29NO2. The average molecular weight is 291 g/mol. The molecule has 1 aromatic rings. The average Bonchev–Trinajstić information content (AvgIpc) is 3.05. The number of nitrogens with two attached hydrogens (primary N) is 1. The minimum absolute atomic E-state index is 0.191. The molecule has 2 aliphatic rings. The van der Waals surface area contributed by atoms with E-state index in [-0.39, 0.29) is 5.41 Å². The fraction of sp³-hybridized carbons (Fsp3) is 0.778. The van der Waals surface area contributed by atoms with Gasteiger partial charge in [-0.05, 0) is 43.2 Å². The van der Waals surface area contributed by atoms with Crippen molar-refractivity contribution in [3.63, 3.8) is 0 Å². The molecule has 118 valence electrons. The van der Waals surface area contributed by atoms with Crippen LogP contribution in [0.2, 0.25) is 0 Å². The maximum atomic E-state index is 10.9. The highest BCUT2D eigenvalue weighted by molar-refractivity contribution is 5.20. The molecule has 2 fully saturated rings. The molecule has 3 nitrogen and oxygen atoms in total. The molecule has 0 amide bonds. The summed E-state index contributed by atoms with van der Waals surface area (Å²) in [7, 11) is 0. The maximum absolute atomic E-state index is 10.9. The molecule has 0 bridgehead atoms. The number of aliphatic hydroxyl groups excluding tert-OH is 1. The lowest BCUT2D eigenvalue weighted by atomic mass is 9.65. The van der Waals surface area contributed by atoms with Crippen molar-refractivity contribution in [1.29, 1.82) is 0 Å². The van der Waals surface area contributed by atoms with Gasteiger partial charge in [0, 0.05) is 17.9 Å². The van der Waals surface area contributed by atoms with Crippen LogP contribution in [-0.2, 0) is 0 Å². The molecule has 0 saturated heterocycles. The zero-order valence-corrected chi connectivity index (χ0v) is 13.3. The van der Waals surface area contributed by atoms with Crippen molar-refractivity contribution in [3.8, 4) is 0 Å². The number of aliphatic hydroxyl groups is 1. The maximum Gasteiger partial charge on any atom is 0.133 e. The van der Waals surface area contributed by atoms with Crippen molar-refractivity contribution >= 4 is 0 Å². The third-order valence-electron chi connectivity index (χ3n) is 5.94. The van der Waals surface area contributed by atoms with Gasteiger partial charge in [0.1, 0.15) is 17.6 Å². The Balaban J connectivity index is 1.78. The van der Waals surface area contributed by atoms with Crippen molar-refractivity contribution in [2.24, 2.45) is 23.0 Å². The van der Waals surface area contributed by atoms with E-state index in [4.69, 9.17) is 10.2 Å². The fourth-order valence-electron chi connectivity index (χ4n) is 4.15. The molecule has 21 heavy (non-hydrogen) atoms. The van der Waals surface area contributed by atoms with Gasteiger partial charge in [-0.25, -0.2) is 0 Å². The summed E-state index contributed by atoms with van der Waals surface area (Å²) in [6, 6.07) is 4.02. The Morgan fingerprint density at radius 3 is 2.86 bits per heavy atom. The van der Waals surface area contributed by atoms with Gasteiger partial charge in [0.2, 0.25) is 0 Å². The highest BCUT2D eigenvalue weighted by atomic mass is 16.4. The number of furan rings is 1. The fourth-order valence-corrected chi connectivity index (χ4v) is 4.15. The molecule has 3 heteroatoms. The summed E-state index contributed by atoms with van der Waals surface area (Å²) in [5.41, 5.74) is 5.90. The predicted octanol–water partition coefficient (Wildman–Crippen LogP) is 3.98. The number of hydrogen-bond donors (Lipinski definition) is 2. The van der Waals surface area contributed by atoms with Crippen LogP contribution in [-0.4, -0.2) is 11.7 Å². The summed E-state index contributed by atoms with van der Waals surface area (Å²) < 4.78 is 5.98. The highest BCUT2D eigenvalue weighted by Crippen LogP contribution is 2.51. The summed E-state index contributed by atoms with van der Waals surface area (Å²) in [5.74, 6) is 3.76. The van der Waals surface area contributed by atoms with Crippen LogP contribution in [0.5, 0.6) is 0 Å². The van der Waals surface area contributed by atoms with Crippen LogP contribution in [0, 0.1) is 17.3 Å². The molecule has 1 aromatic heterocycles. The van der Waals surface area contributed by atoms with Crippen LogP contribution in [0.25, 0.3) is 0 Å². The van der Waals surface area contributed by atoms with E-state index in [9.17, 15) is 5.11 Å². The highest BCUT2D eigenvalue weighted by Gasteiger charge is 2.43. The summed E-state index contributed by atoms with van der Waals surface area (Å²) in [6.07, 6.45) is 6.31. The first kappa shape index (κ1) is 15.1. The lowest BCUT2D eigenvalue weighted by Gasteiger charge is -2.42. The molecule has 2 aliphatic carbocycles. The van der Waals surface area contributed by atoms with Gasteiger partial charge in [-0.2, -0.15) is 0 Å². The standard InChI is InChI=1S/C18H29NO2/c1-3-13-5-4-8-18(10-13,11-19)17(20)16-7-6-15(21-16)14-9-12(14)2/h6-7,12-14,17,20H,3-5,8-11,19H2,1-2H3. The summed E-state index contributed by atoms with van der Waals surface area (Å²) in [5, 5.41) is 10.9. The van der Waals surface area contributed by atoms with Crippen molar-refractivity contribution in [3.05, 3.63) is 23.7 Å². The van der Waals surface area contributed by atoms with Gasteiger partial charge in [0.15, 0.2) is 0 Å². The van der Waals surface area contributed by atoms with E-state index >= 15 is 0 Å². The smallest absolute Gasteiger partial charge is 0.133 e. The van der Waals surface area contributed by atoms with Gasteiger partial charge in [-0.15, -0.1) is 0 Å². The van der Waals surface area contributed by atoms with Crippen LogP contribution in [0.3, 0.4) is 0 Å². The van der Waals surface area contributed by atoms with Gasteiger partial charge < -0.3 is 15.3 Å². The van der Waals surface area contributed by atoms with E-state index in [1.165, 1.54) is 25.7 Å². The van der Waals surface area contributed by atoms with Gasteiger partial charge in [0.05, 0.1) is 0 Å². The largest absolute Gasteiger partial charge is 0.463 e. The summed E-state index contributed by atoms with van der Waals surface area (Å²) in [4.78, 5) is 0. The molecule has 0 radical (unpaired) electrons. The zero-order valence-electron chi connectivity index (χ0n) is 13.3. The van der Waals surface area contributed by atoms with E-state index in [0.717, 1.165) is 30.3 Å². The van der Waals surface area contributed by atoms with Crippen molar-refractivity contribution in [2.75, 3.05) is 6.54 Å². The quantitative estimate of drug-likeness (QED) is 0.862. The molecule has 2 saturated carbocycles. The molecule has 5 unspecified atom stereocenters. The SMILES string of the molecule is CCC1CCCC(CN)(C(O)c2ccc(C3CC3C)o2)C1. The molecule has 0 aromatic carbocycles. The van der Waals surface area contributed by atoms with Gasteiger partial charge in [-0.3, -0.25) is 0 Å². The first-order valence-electron chi connectivity index (χ1n) is 8.57. The second-order valence-electron chi connectivity index (χ2n) is 7.40.